The van der Waals surface area contributed by atoms with Gasteiger partial charge in [-0.05, 0) is 31.2 Å². The lowest BCUT2D eigenvalue weighted by Gasteiger charge is -1.86. The van der Waals surface area contributed by atoms with Gasteiger partial charge in [0.25, 0.3) is 0 Å². The molecule has 0 spiro atoms. The molecule has 0 aliphatic rings. The smallest absolute Gasteiger partial charge is 0.0695 e. The highest BCUT2D eigenvalue weighted by molar-refractivity contribution is 5.36. The van der Waals surface area contributed by atoms with Crippen LogP contribution in [0.2, 0.25) is 0 Å². The van der Waals surface area contributed by atoms with Crippen molar-refractivity contribution in [3.63, 3.8) is 0 Å². The van der Waals surface area contributed by atoms with Gasteiger partial charge >= 0.3 is 0 Å². The van der Waals surface area contributed by atoms with E-state index in [1.54, 1.807) is 6.20 Å². The number of nitrogens with zero attached hydrogens (tertiary/aromatic N) is 1. The molecule has 0 saturated carbocycles. The Balaban J connectivity index is 0.000000791. The van der Waals surface area contributed by atoms with E-state index >= 15 is 0 Å². The second kappa shape index (κ2) is 7.07. The molecule has 0 aromatic carbocycles. The lowest BCUT2D eigenvalue weighted by Crippen LogP contribution is -2.25. The summed E-state index contributed by atoms with van der Waals surface area (Å²) in [6, 6.07) is 3.85. The molecule has 0 unspecified atom stereocenters. The van der Waals surface area contributed by atoms with E-state index in [-0.39, 0.29) is 0 Å². The molecule has 0 atom stereocenters. The first kappa shape index (κ1) is 12.6. The van der Waals surface area contributed by atoms with Gasteiger partial charge in [0.2, 0.25) is 0 Å². The van der Waals surface area contributed by atoms with E-state index in [1.165, 1.54) is 5.57 Å². The van der Waals surface area contributed by atoms with Gasteiger partial charge in [-0.15, -0.1) is 0 Å². The highest BCUT2D eigenvalue weighted by Crippen LogP contribution is 1.86. The molecular weight excluding hydrogens is 170 g/mol. The van der Waals surface area contributed by atoms with Crippen LogP contribution in [-0.4, -0.2) is 4.98 Å². The van der Waals surface area contributed by atoms with Crippen molar-refractivity contribution in [3.05, 3.63) is 40.5 Å². The molecule has 1 nitrogen and oxygen atoms in total. The van der Waals surface area contributed by atoms with Gasteiger partial charge in [-0.25, -0.2) is 0 Å². The Morgan fingerprint density at radius 3 is 2.50 bits per heavy atom. The molecule has 0 fully saturated rings. The van der Waals surface area contributed by atoms with Gasteiger partial charge < -0.3 is 0 Å². The van der Waals surface area contributed by atoms with Crippen LogP contribution in [0.4, 0.5) is 0 Å². The second-order valence-corrected chi connectivity index (χ2v) is 2.96. The highest BCUT2D eigenvalue weighted by Gasteiger charge is 1.79. The minimum atomic E-state index is 0.943. The molecule has 1 aromatic rings. The number of allylic oxidation sites excluding steroid dienone is 2. The first-order chi connectivity index (χ1) is 6.70. The minimum absolute atomic E-state index is 0.943. The standard InChI is InChI=1S/C11H13N.C2H6/c1-9(2)6-7-11-10(3)5-4-8-12-11;1-2/h4-8H,3H2,1-2H3;1-2H3/b11-7+;. The van der Waals surface area contributed by atoms with Gasteiger partial charge in [0.1, 0.15) is 0 Å². The fourth-order valence-corrected chi connectivity index (χ4v) is 0.846. The van der Waals surface area contributed by atoms with Crippen LogP contribution in [0.25, 0.3) is 12.7 Å². The maximum absolute atomic E-state index is 4.19. The van der Waals surface area contributed by atoms with E-state index in [0.717, 1.165) is 10.6 Å². The van der Waals surface area contributed by atoms with E-state index in [9.17, 15) is 0 Å². The Kier molecular flexibility index (Phi) is 6.38. The molecule has 0 bridgehead atoms. The van der Waals surface area contributed by atoms with E-state index in [0.29, 0.717) is 0 Å². The van der Waals surface area contributed by atoms with E-state index in [2.05, 4.69) is 25.4 Å². The van der Waals surface area contributed by atoms with E-state index in [4.69, 9.17) is 0 Å². The summed E-state index contributed by atoms with van der Waals surface area (Å²) in [5.74, 6) is 0. The Hall–Kier alpha value is -1.37. The monoisotopic (exact) mass is 189 g/mol. The fraction of sp³-hybridized carbons (Fsp3) is 0.308. The quantitative estimate of drug-likeness (QED) is 0.660. The Bertz CT molecular complexity index is 384. The molecule has 0 radical (unpaired) electrons. The first-order valence-corrected chi connectivity index (χ1v) is 4.95. The van der Waals surface area contributed by atoms with Crippen molar-refractivity contribution in [2.75, 3.05) is 0 Å². The van der Waals surface area contributed by atoms with Gasteiger partial charge in [0.15, 0.2) is 0 Å². The predicted molar refractivity (Wildman–Crippen MR) is 64.3 cm³/mol. The molecular formula is C13H19N. The van der Waals surface area contributed by atoms with E-state index in [1.807, 2.05) is 38.1 Å². The molecule has 0 amide bonds. The number of hydrogen-bond acceptors (Lipinski definition) is 1. The molecule has 76 valence electrons. The summed E-state index contributed by atoms with van der Waals surface area (Å²) < 4.78 is 0. The summed E-state index contributed by atoms with van der Waals surface area (Å²) in [5, 5.41) is 1.91. The normalized spacial score (nSPS) is 10.1. The van der Waals surface area contributed by atoms with Gasteiger partial charge in [-0.1, -0.05) is 38.1 Å². The van der Waals surface area contributed by atoms with Crippen LogP contribution in [0.1, 0.15) is 27.7 Å². The molecule has 0 saturated heterocycles. The van der Waals surface area contributed by atoms with Crippen LogP contribution >= 0.6 is 0 Å². The summed E-state index contributed by atoms with van der Waals surface area (Å²) in [7, 11) is 0. The Morgan fingerprint density at radius 2 is 2.00 bits per heavy atom. The number of pyridine rings is 1. The number of rotatable bonds is 1. The Labute approximate surface area is 86.5 Å². The maximum atomic E-state index is 4.19. The zero-order valence-corrected chi connectivity index (χ0v) is 9.54. The summed E-state index contributed by atoms with van der Waals surface area (Å²) in [5.41, 5.74) is 1.26. The predicted octanol–water partition coefficient (Wildman–Crippen LogP) is 2.26. The SMILES string of the molecule is C=c1cccn/c1=C/C=C(C)C.CC. The van der Waals surface area contributed by atoms with Crippen LogP contribution in [-0.2, 0) is 0 Å². The van der Waals surface area contributed by atoms with Crippen LogP contribution in [0, 0.1) is 0 Å². The van der Waals surface area contributed by atoms with Crippen molar-refractivity contribution in [3.8, 4) is 0 Å². The highest BCUT2D eigenvalue weighted by atomic mass is 14.6. The summed E-state index contributed by atoms with van der Waals surface area (Å²) in [6.07, 6.45) is 5.80. The lowest BCUT2D eigenvalue weighted by atomic mass is 10.3. The largest absolute Gasteiger partial charge is 0.256 e. The zero-order valence-electron chi connectivity index (χ0n) is 9.54. The van der Waals surface area contributed by atoms with Crippen molar-refractivity contribution in [1.82, 2.24) is 4.98 Å². The molecule has 0 aliphatic heterocycles. The lowest BCUT2D eigenvalue weighted by molar-refractivity contribution is 1.22. The molecule has 1 heteroatoms. The van der Waals surface area contributed by atoms with Gasteiger partial charge in [-0.2, -0.15) is 0 Å². The summed E-state index contributed by atoms with van der Waals surface area (Å²) in [4.78, 5) is 4.19. The molecule has 0 N–H and O–H groups in total. The van der Waals surface area contributed by atoms with Gasteiger partial charge in [0, 0.05) is 6.20 Å². The van der Waals surface area contributed by atoms with Crippen LogP contribution in [0.5, 0.6) is 0 Å². The Morgan fingerprint density at radius 1 is 1.36 bits per heavy atom. The van der Waals surface area contributed by atoms with Crippen LogP contribution in [0.15, 0.2) is 30.0 Å². The number of hydrogen-bond donors (Lipinski definition) is 0. The average molecular weight is 189 g/mol. The molecule has 1 heterocycles. The topological polar surface area (TPSA) is 12.9 Å². The maximum Gasteiger partial charge on any atom is 0.0695 e. The molecule has 1 rings (SSSR count). The third-order valence-electron chi connectivity index (χ3n) is 1.50. The molecule has 14 heavy (non-hydrogen) atoms. The zero-order chi connectivity index (χ0) is 11.0. The van der Waals surface area contributed by atoms with Crippen molar-refractivity contribution in [1.29, 1.82) is 0 Å². The minimum Gasteiger partial charge on any atom is -0.256 e. The van der Waals surface area contributed by atoms with Crippen molar-refractivity contribution >= 4 is 12.7 Å². The fourth-order valence-electron chi connectivity index (χ4n) is 0.846. The molecule has 0 aliphatic carbocycles. The second-order valence-electron chi connectivity index (χ2n) is 2.96. The van der Waals surface area contributed by atoms with Crippen molar-refractivity contribution < 1.29 is 0 Å². The molecule has 1 aromatic heterocycles. The summed E-state index contributed by atoms with van der Waals surface area (Å²) in [6.45, 7) is 12.0. The van der Waals surface area contributed by atoms with Crippen LogP contribution in [0.3, 0.4) is 0 Å². The van der Waals surface area contributed by atoms with E-state index < -0.39 is 0 Å². The van der Waals surface area contributed by atoms with Crippen LogP contribution < -0.4 is 10.6 Å². The summed E-state index contributed by atoms with van der Waals surface area (Å²) >= 11 is 0. The van der Waals surface area contributed by atoms with Gasteiger partial charge in [0.05, 0.1) is 5.35 Å². The average Bonchev–Trinajstić information content (AvgIpc) is 2.19. The third-order valence-corrected chi connectivity index (χ3v) is 1.50. The number of aromatic nitrogens is 1. The van der Waals surface area contributed by atoms with Crippen molar-refractivity contribution in [2.24, 2.45) is 0 Å². The first-order valence-electron chi connectivity index (χ1n) is 4.95. The van der Waals surface area contributed by atoms with Crippen molar-refractivity contribution in [2.45, 2.75) is 27.7 Å². The third kappa shape index (κ3) is 4.61. The van der Waals surface area contributed by atoms with Gasteiger partial charge in [-0.3, -0.25) is 4.98 Å².